The Balaban J connectivity index is 2.69. The van der Waals surface area contributed by atoms with Crippen LogP contribution in [0.5, 0.6) is 0 Å². The van der Waals surface area contributed by atoms with Crippen LogP contribution in [0.2, 0.25) is 0 Å². The van der Waals surface area contributed by atoms with E-state index in [1.165, 1.54) is 14.0 Å². The summed E-state index contributed by atoms with van der Waals surface area (Å²) in [7, 11) is 1.35. The normalized spacial score (nSPS) is 9.94. The minimum Gasteiger partial charge on any atom is -0.466 e. The van der Waals surface area contributed by atoms with Crippen molar-refractivity contribution in [2.45, 2.75) is 19.8 Å². The first-order valence-corrected chi connectivity index (χ1v) is 6.34. The van der Waals surface area contributed by atoms with Crippen molar-refractivity contribution in [3.63, 3.8) is 0 Å². The van der Waals surface area contributed by atoms with Crippen LogP contribution in [-0.4, -0.2) is 25.7 Å². The fourth-order valence-corrected chi connectivity index (χ4v) is 1.91. The van der Waals surface area contributed by atoms with Crippen LogP contribution in [0.3, 0.4) is 0 Å². The fraction of sp³-hybridized carbons (Fsp3) is 0.385. The van der Waals surface area contributed by atoms with Crippen molar-refractivity contribution in [3.05, 3.63) is 33.8 Å². The van der Waals surface area contributed by atoms with Gasteiger partial charge in [-0.25, -0.2) is 4.79 Å². The minimum absolute atomic E-state index is 0.293. The number of ether oxygens (including phenoxy) is 2. The molecule has 18 heavy (non-hydrogen) atoms. The third kappa shape index (κ3) is 4.49. The molecule has 4 nitrogen and oxygen atoms in total. The maximum atomic E-state index is 11.6. The molecule has 0 atom stereocenters. The van der Waals surface area contributed by atoms with Crippen LogP contribution in [0.1, 0.15) is 29.3 Å². The molecule has 0 N–H and O–H groups in total. The van der Waals surface area contributed by atoms with Gasteiger partial charge in [0, 0.05) is 11.4 Å². The van der Waals surface area contributed by atoms with Crippen LogP contribution >= 0.6 is 15.9 Å². The number of hydrogen-bond acceptors (Lipinski definition) is 4. The van der Waals surface area contributed by atoms with E-state index in [0.717, 1.165) is 10.0 Å². The number of carbonyl (C=O) groups is 2. The first-order valence-electron chi connectivity index (χ1n) is 5.54. The molecule has 0 aliphatic heterocycles. The molecule has 0 unspecified atom stereocenters. The predicted octanol–water partition coefficient (Wildman–Crippen LogP) is 2.73. The number of benzene rings is 1. The lowest BCUT2D eigenvalue weighted by molar-refractivity contribution is -0.141. The van der Waals surface area contributed by atoms with Crippen molar-refractivity contribution in [1.82, 2.24) is 0 Å². The molecule has 0 saturated heterocycles. The van der Waals surface area contributed by atoms with E-state index in [-0.39, 0.29) is 11.9 Å². The van der Waals surface area contributed by atoms with Gasteiger partial charge in [-0.15, -0.1) is 0 Å². The summed E-state index contributed by atoms with van der Waals surface area (Å²) in [5.41, 5.74) is 1.42. The molecule has 0 amide bonds. The number of esters is 2. The first kappa shape index (κ1) is 14.7. The van der Waals surface area contributed by atoms with Crippen molar-refractivity contribution in [2.75, 3.05) is 13.7 Å². The third-order valence-corrected chi connectivity index (χ3v) is 2.87. The minimum atomic E-state index is -0.362. The molecular weight excluding hydrogens is 300 g/mol. The Bertz CT molecular complexity index is 443. The highest BCUT2D eigenvalue weighted by Crippen LogP contribution is 2.19. The standard InChI is InChI=1S/C13H15BrO4/c1-9(15)18-7-3-4-10-5-6-11(14)8-12(10)13(16)17-2/h5-6,8H,3-4,7H2,1-2H3. The molecule has 1 aromatic rings. The van der Waals surface area contributed by atoms with E-state index in [1.807, 2.05) is 12.1 Å². The maximum Gasteiger partial charge on any atom is 0.338 e. The van der Waals surface area contributed by atoms with E-state index in [2.05, 4.69) is 15.9 Å². The summed E-state index contributed by atoms with van der Waals surface area (Å²) in [5, 5.41) is 0. The highest BCUT2D eigenvalue weighted by atomic mass is 79.9. The molecule has 0 spiro atoms. The maximum absolute atomic E-state index is 11.6. The van der Waals surface area contributed by atoms with Crippen LogP contribution in [-0.2, 0) is 20.7 Å². The molecule has 1 rings (SSSR count). The Labute approximate surface area is 114 Å². The van der Waals surface area contributed by atoms with Crippen LogP contribution in [0.4, 0.5) is 0 Å². The summed E-state index contributed by atoms with van der Waals surface area (Å²) in [4.78, 5) is 22.2. The van der Waals surface area contributed by atoms with Gasteiger partial charge in [0.05, 0.1) is 19.3 Å². The van der Waals surface area contributed by atoms with Gasteiger partial charge in [-0.05, 0) is 30.5 Å². The Hall–Kier alpha value is -1.36. The smallest absolute Gasteiger partial charge is 0.338 e. The van der Waals surface area contributed by atoms with Gasteiger partial charge in [-0.3, -0.25) is 4.79 Å². The van der Waals surface area contributed by atoms with Crippen LogP contribution in [0, 0.1) is 0 Å². The van der Waals surface area contributed by atoms with Crippen molar-refractivity contribution >= 4 is 27.9 Å². The van der Waals surface area contributed by atoms with E-state index in [0.29, 0.717) is 25.0 Å². The van der Waals surface area contributed by atoms with E-state index in [9.17, 15) is 9.59 Å². The molecule has 0 aliphatic rings. The Morgan fingerprint density at radius 3 is 2.67 bits per heavy atom. The molecule has 0 aliphatic carbocycles. The Morgan fingerprint density at radius 1 is 1.33 bits per heavy atom. The molecule has 0 saturated carbocycles. The largest absolute Gasteiger partial charge is 0.466 e. The zero-order valence-electron chi connectivity index (χ0n) is 10.4. The lowest BCUT2D eigenvalue weighted by Crippen LogP contribution is -2.07. The van der Waals surface area contributed by atoms with E-state index in [1.54, 1.807) is 6.07 Å². The molecule has 1 aromatic carbocycles. The molecule has 98 valence electrons. The van der Waals surface area contributed by atoms with Crippen LogP contribution in [0.25, 0.3) is 0 Å². The number of aryl methyl sites for hydroxylation is 1. The number of carbonyl (C=O) groups excluding carboxylic acids is 2. The molecule has 5 heteroatoms. The zero-order valence-corrected chi connectivity index (χ0v) is 12.0. The van der Waals surface area contributed by atoms with Crippen molar-refractivity contribution < 1.29 is 19.1 Å². The SMILES string of the molecule is COC(=O)c1cc(Br)ccc1CCCOC(C)=O. The van der Waals surface area contributed by atoms with Crippen molar-refractivity contribution in [1.29, 1.82) is 0 Å². The van der Waals surface area contributed by atoms with E-state index in [4.69, 9.17) is 9.47 Å². The van der Waals surface area contributed by atoms with Crippen molar-refractivity contribution in [3.8, 4) is 0 Å². The quantitative estimate of drug-likeness (QED) is 0.619. The van der Waals surface area contributed by atoms with Gasteiger partial charge in [0.2, 0.25) is 0 Å². The summed E-state index contributed by atoms with van der Waals surface area (Å²) in [5.74, 6) is -0.655. The van der Waals surface area contributed by atoms with Gasteiger partial charge in [-0.1, -0.05) is 22.0 Å². The Kier molecular flexibility index (Phi) is 5.85. The average molecular weight is 315 g/mol. The summed E-state index contributed by atoms with van der Waals surface area (Å²) < 4.78 is 10.4. The molecule has 0 bridgehead atoms. The fourth-order valence-electron chi connectivity index (χ4n) is 1.55. The highest BCUT2D eigenvalue weighted by molar-refractivity contribution is 9.10. The molecule has 0 radical (unpaired) electrons. The Morgan fingerprint density at radius 2 is 2.06 bits per heavy atom. The number of rotatable bonds is 5. The predicted molar refractivity (Wildman–Crippen MR) is 70.4 cm³/mol. The lowest BCUT2D eigenvalue weighted by Gasteiger charge is -2.08. The van der Waals surface area contributed by atoms with Crippen LogP contribution in [0.15, 0.2) is 22.7 Å². The average Bonchev–Trinajstić information content (AvgIpc) is 2.34. The zero-order chi connectivity index (χ0) is 13.5. The number of methoxy groups -OCH3 is 1. The van der Waals surface area contributed by atoms with Crippen molar-refractivity contribution in [2.24, 2.45) is 0 Å². The summed E-state index contributed by atoms with van der Waals surface area (Å²) in [6, 6.07) is 5.46. The van der Waals surface area contributed by atoms with Gasteiger partial charge in [-0.2, -0.15) is 0 Å². The molecule has 0 aromatic heterocycles. The lowest BCUT2D eigenvalue weighted by atomic mass is 10.0. The molecular formula is C13H15BrO4. The van der Waals surface area contributed by atoms with E-state index >= 15 is 0 Å². The molecule has 0 heterocycles. The summed E-state index contributed by atoms with van der Waals surface area (Å²) in [6.45, 7) is 1.73. The first-order chi connectivity index (χ1) is 8.54. The monoisotopic (exact) mass is 314 g/mol. The van der Waals surface area contributed by atoms with Crippen LogP contribution < -0.4 is 0 Å². The van der Waals surface area contributed by atoms with E-state index < -0.39 is 0 Å². The summed E-state index contributed by atoms with van der Waals surface area (Å²) in [6.07, 6.45) is 1.33. The van der Waals surface area contributed by atoms with Gasteiger partial charge in [0.25, 0.3) is 0 Å². The second kappa shape index (κ2) is 7.16. The topological polar surface area (TPSA) is 52.6 Å². The second-order valence-corrected chi connectivity index (χ2v) is 4.65. The molecule has 0 fully saturated rings. The van der Waals surface area contributed by atoms with Gasteiger partial charge >= 0.3 is 11.9 Å². The number of hydrogen-bond donors (Lipinski definition) is 0. The van der Waals surface area contributed by atoms with Gasteiger partial charge < -0.3 is 9.47 Å². The second-order valence-electron chi connectivity index (χ2n) is 3.74. The van der Waals surface area contributed by atoms with Gasteiger partial charge in [0.1, 0.15) is 0 Å². The third-order valence-electron chi connectivity index (χ3n) is 2.37. The highest BCUT2D eigenvalue weighted by Gasteiger charge is 2.12. The number of halogens is 1. The van der Waals surface area contributed by atoms with Gasteiger partial charge in [0.15, 0.2) is 0 Å². The summed E-state index contributed by atoms with van der Waals surface area (Å²) >= 11 is 3.32.